The zero-order valence-electron chi connectivity index (χ0n) is 12.5. The van der Waals surface area contributed by atoms with Crippen LogP contribution >= 0.6 is 0 Å². The standard InChI is InChI=1S/C16H26N2O2/c1-12(2)6-7-14(18-10-8-17-9-11-18)13-4-3-5-15(19)16(13)20/h3-5,12,14,17,19-20H,6-11H2,1-2H3/t14-/m1/s1. The Hall–Kier alpha value is -1.26. The van der Waals surface area contributed by atoms with Crippen LogP contribution in [0, 0.1) is 5.92 Å². The van der Waals surface area contributed by atoms with Crippen LogP contribution in [0.2, 0.25) is 0 Å². The van der Waals surface area contributed by atoms with Gasteiger partial charge < -0.3 is 15.5 Å². The lowest BCUT2D eigenvalue weighted by Crippen LogP contribution is -2.45. The number of aromatic hydroxyl groups is 2. The second kappa shape index (κ2) is 6.95. The normalized spacial score (nSPS) is 18.4. The molecule has 1 aliphatic heterocycles. The third kappa shape index (κ3) is 3.64. The zero-order chi connectivity index (χ0) is 14.5. The molecule has 1 aromatic carbocycles. The van der Waals surface area contributed by atoms with E-state index in [9.17, 15) is 10.2 Å². The average Bonchev–Trinajstić information content (AvgIpc) is 2.44. The van der Waals surface area contributed by atoms with Gasteiger partial charge in [-0.05, 0) is 24.8 Å². The Labute approximate surface area is 121 Å². The molecule has 0 bridgehead atoms. The van der Waals surface area contributed by atoms with E-state index >= 15 is 0 Å². The van der Waals surface area contributed by atoms with Gasteiger partial charge >= 0.3 is 0 Å². The largest absolute Gasteiger partial charge is 0.504 e. The first-order valence-corrected chi connectivity index (χ1v) is 7.55. The highest BCUT2D eigenvalue weighted by Crippen LogP contribution is 2.38. The maximum Gasteiger partial charge on any atom is 0.162 e. The second-order valence-corrected chi connectivity index (χ2v) is 5.99. The van der Waals surface area contributed by atoms with Crippen molar-refractivity contribution in [2.75, 3.05) is 26.2 Å². The van der Waals surface area contributed by atoms with E-state index in [4.69, 9.17) is 0 Å². The summed E-state index contributed by atoms with van der Waals surface area (Å²) in [6.45, 7) is 8.37. The SMILES string of the molecule is CC(C)CC[C@H](c1cccc(O)c1O)N1CCNCC1. The molecule has 2 rings (SSSR count). The number of nitrogens with one attached hydrogen (secondary N) is 1. The van der Waals surface area contributed by atoms with Gasteiger partial charge in [0.1, 0.15) is 0 Å². The Morgan fingerprint density at radius 2 is 1.85 bits per heavy atom. The van der Waals surface area contributed by atoms with Crippen molar-refractivity contribution in [3.8, 4) is 11.5 Å². The fourth-order valence-electron chi connectivity index (χ4n) is 2.84. The summed E-state index contributed by atoms with van der Waals surface area (Å²) in [4.78, 5) is 2.41. The minimum atomic E-state index is -0.0211. The van der Waals surface area contributed by atoms with Crippen LogP contribution in [0.1, 0.15) is 38.3 Å². The Morgan fingerprint density at radius 3 is 2.50 bits per heavy atom. The fourth-order valence-corrected chi connectivity index (χ4v) is 2.84. The van der Waals surface area contributed by atoms with E-state index in [1.54, 1.807) is 0 Å². The lowest BCUT2D eigenvalue weighted by atomic mass is 9.95. The molecule has 0 aliphatic carbocycles. The molecular weight excluding hydrogens is 252 g/mol. The highest BCUT2D eigenvalue weighted by molar-refractivity contribution is 5.46. The van der Waals surface area contributed by atoms with Crippen LogP contribution in [-0.4, -0.2) is 41.3 Å². The third-order valence-corrected chi connectivity index (χ3v) is 4.01. The lowest BCUT2D eigenvalue weighted by molar-refractivity contribution is 0.157. The van der Waals surface area contributed by atoms with Gasteiger partial charge in [0.25, 0.3) is 0 Å². The summed E-state index contributed by atoms with van der Waals surface area (Å²) >= 11 is 0. The number of phenols is 2. The van der Waals surface area contributed by atoms with Gasteiger partial charge in [-0.3, -0.25) is 4.90 Å². The smallest absolute Gasteiger partial charge is 0.162 e. The molecule has 1 fully saturated rings. The highest BCUT2D eigenvalue weighted by atomic mass is 16.3. The van der Waals surface area contributed by atoms with Crippen LogP contribution in [-0.2, 0) is 0 Å². The van der Waals surface area contributed by atoms with E-state index in [-0.39, 0.29) is 17.5 Å². The quantitative estimate of drug-likeness (QED) is 0.724. The number of phenolic OH excluding ortho intramolecular Hbond substituents is 2. The Kier molecular flexibility index (Phi) is 5.26. The Bertz CT molecular complexity index is 428. The van der Waals surface area contributed by atoms with Gasteiger partial charge in [-0.25, -0.2) is 0 Å². The summed E-state index contributed by atoms with van der Waals surface area (Å²) in [5, 5.41) is 23.3. The number of hydrogen-bond donors (Lipinski definition) is 3. The summed E-state index contributed by atoms with van der Waals surface area (Å²) in [5.41, 5.74) is 0.854. The minimum absolute atomic E-state index is 0.0211. The Morgan fingerprint density at radius 1 is 1.15 bits per heavy atom. The van der Waals surface area contributed by atoms with Crippen LogP contribution < -0.4 is 5.32 Å². The van der Waals surface area contributed by atoms with E-state index in [1.165, 1.54) is 6.07 Å². The van der Waals surface area contributed by atoms with Crippen LogP contribution in [0.5, 0.6) is 11.5 Å². The molecule has 4 nitrogen and oxygen atoms in total. The topological polar surface area (TPSA) is 55.7 Å². The number of hydrogen-bond acceptors (Lipinski definition) is 4. The molecule has 3 N–H and O–H groups in total. The van der Waals surface area contributed by atoms with E-state index in [2.05, 4.69) is 24.1 Å². The molecule has 0 radical (unpaired) electrons. The van der Waals surface area contributed by atoms with Crippen molar-refractivity contribution < 1.29 is 10.2 Å². The molecular formula is C16H26N2O2. The molecule has 0 unspecified atom stereocenters. The van der Waals surface area contributed by atoms with Crippen LogP contribution in [0.15, 0.2) is 18.2 Å². The monoisotopic (exact) mass is 278 g/mol. The molecule has 1 aliphatic rings. The molecule has 1 saturated heterocycles. The number of piperazine rings is 1. The molecule has 0 spiro atoms. The minimum Gasteiger partial charge on any atom is -0.504 e. The van der Waals surface area contributed by atoms with Crippen molar-refractivity contribution in [1.82, 2.24) is 10.2 Å². The van der Waals surface area contributed by atoms with Crippen molar-refractivity contribution >= 4 is 0 Å². The first kappa shape index (κ1) is 15.1. The predicted molar refractivity (Wildman–Crippen MR) is 81.0 cm³/mol. The number of rotatable bonds is 5. The van der Waals surface area contributed by atoms with Crippen molar-refractivity contribution in [3.05, 3.63) is 23.8 Å². The van der Waals surface area contributed by atoms with Gasteiger partial charge in [0, 0.05) is 37.8 Å². The van der Waals surface area contributed by atoms with Gasteiger partial charge in [-0.15, -0.1) is 0 Å². The van der Waals surface area contributed by atoms with Gasteiger partial charge in [-0.2, -0.15) is 0 Å². The van der Waals surface area contributed by atoms with Crippen LogP contribution in [0.25, 0.3) is 0 Å². The van der Waals surface area contributed by atoms with Gasteiger partial charge in [-0.1, -0.05) is 26.0 Å². The summed E-state index contributed by atoms with van der Waals surface area (Å²) < 4.78 is 0. The zero-order valence-corrected chi connectivity index (χ0v) is 12.5. The molecule has 1 atom stereocenters. The predicted octanol–water partition coefficient (Wildman–Crippen LogP) is 2.48. The molecule has 4 heteroatoms. The molecule has 0 saturated carbocycles. The summed E-state index contributed by atoms with van der Waals surface area (Å²) in [5.74, 6) is 0.659. The summed E-state index contributed by atoms with van der Waals surface area (Å²) in [6, 6.07) is 5.47. The molecule has 112 valence electrons. The maximum atomic E-state index is 10.2. The van der Waals surface area contributed by atoms with Crippen molar-refractivity contribution in [1.29, 1.82) is 0 Å². The number of benzene rings is 1. The second-order valence-electron chi connectivity index (χ2n) is 5.99. The first-order chi connectivity index (χ1) is 9.59. The fraction of sp³-hybridized carbons (Fsp3) is 0.625. The van der Waals surface area contributed by atoms with Crippen LogP contribution in [0.3, 0.4) is 0 Å². The first-order valence-electron chi connectivity index (χ1n) is 7.55. The molecule has 0 aromatic heterocycles. The van der Waals surface area contributed by atoms with E-state index in [1.807, 2.05) is 12.1 Å². The van der Waals surface area contributed by atoms with Crippen LogP contribution in [0.4, 0.5) is 0 Å². The van der Waals surface area contributed by atoms with Gasteiger partial charge in [0.05, 0.1) is 0 Å². The summed E-state index contributed by atoms with van der Waals surface area (Å²) in [7, 11) is 0. The third-order valence-electron chi connectivity index (χ3n) is 4.01. The number of nitrogens with zero attached hydrogens (tertiary/aromatic N) is 1. The average molecular weight is 278 g/mol. The Balaban J connectivity index is 2.22. The molecule has 0 amide bonds. The molecule has 1 heterocycles. The van der Waals surface area contributed by atoms with Crippen molar-refractivity contribution in [3.63, 3.8) is 0 Å². The lowest BCUT2D eigenvalue weighted by Gasteiger charge is -2.36. The number of para-hydroxylation sites is 1. The van der Waals surface area contributed by atoms with E-state index < -0.39 is 0 Å². The van der Waals surface area contributed by atoms with Crippen molar-refractivity contribution in [2.45, 2.75) is 32.7 Å². The maximum absolute atomic E-state index is 10.2. The molecule has 1 aromatic rings. The summed E-state index contributed by atoms with van der Waals surface area (Å²) in [6.07, 6.45) is 2.12. The van der Waals surface area contributed by atoms with Crippen molar-refractivity contribution in [2.24, 2.45) is 5.92 Å². The van der Waals surface area contributed by atoms with Gasteiger partial charge in [0.15, 0.2) is 11.5 Å². The van der Waals surface area contributed by atoms with E-state index in [0.29, 0.717) is 5.92 Å². The van der Waals surface area contributed by atoms with E-state index in [0.717, 1.165) is 44.6 Å². The highest BCUT2D eigenvalue weighted by Gasteiger charge is 2.25. The molecule has 20 heavy (non-hydrogen) atoms. The van der Waals surface area contributed by atoms with Gasteiger partial charge in [0.2, 0.25) is 0 Å².